The fourth-order valence-electron chi connectivity index (χ4n) is 1.96. The van der Waals surface area contributed by atoms with Gasteiger partial charge in [0.05, 0.1) is 12.3 Å². The van der Waals surface area contributed by atoms with Crippen LogP contribution in [0.5, 0.6) is 0 Å². The second-order valence-electron chi connectivity index (χ2n) is 4.43. The van der Waals surface area contributed by atoms with E-state index < -0.39 is 0 Å². The summed E-state index contributed by atoms with van der Waals surface area (Å²) in [5.74, 6) is 0. The average molecular weight is 267 g/mol. The number of aromatic nitrogens is 1. The zero-order chi connectivity index (χ0) is 13.9. The molecule has 0 saturated heterocycles. The molecule has 108 valence electrons. The van der Waals surface area contributed by atoms with E-state index in [4.69, 9.17) is 15.2 Å². The van der Waals surface area contributed by atoms with Crippen molar-refractivity contribution >= 4 is 0 Å². The second kappa shape index (κ2) is 9.86. The zero-order valence-electron chi connectivity index (χ0n) is 12.0. The Bertz CT molecular complexity index is 347. The Balaban J connectivity index is 2.58. The molecule has 0 bridgehead atoms. The summed E-state index contributed by atoms with van der Waals surface area (Å²) in [4.78, 5) is 6.67. The first kappa shape index (κ1) is 16.0. The third-order valence-electron chi connectivity index (χ3n) is 3.01. The summed E-state index contributed by atoms with van der Waals surface area (Å²) >= 11 is 0. The van der Waals surface area contributed by atoms with Crippen LogP contribution < -0.4 is 5.73 Å². The summed E-state index contributed by atoms with van der Waals surface area (Å²) in [6.45, 7) is 4.72. The number of hydrogen-bond acceptors (Lipinski definition) is 5. The maximum absolute atomic E-state index is 5.72. The first-order chi connectivity index (χ1) is 9.31. The zero-order valence-corrected chi connectivity index (χ0v) is 12.0. The largest absolute Gasteiger partial charge is 0.385 e. The Hall–Kier alpha value is -1.01. The minimum absolute atomic E-state index is 0.479. The fraction of sp³-hybridized carbons (Fsp3) is 0.643. The quantitative estimate of drug-likeness (QED) is 0.641. The molecule has 19 heavy (non-hydrogen) atoms. The van der Waals surface area contributed by atoms with E-state index in [9.17, 15) is 0 Å². The molecule has 0 aromatic carbocycles. The highest BCUT2D eigenvalue weighted by Gasteiger charge is 2.09. The topological polar surface area (TPSA) is 60.6 Å². The van der Waals surface area contributed by atoms with Gasteiger partial charge in [0.15, 0.2) is 0 Å². The molecule has 0 amide bonds. The molecule has 5 nitrogen and oxygen atoms in total. The Morgan fingerprint density at radius 2 is 2.00 bits per heavy atom. The Kier molecular flexibility index (Phi) is 8.33. The van der Waals surface area contributed by atoms with Crippen molar-refractivity contribution in [3.8, 4) is 0 Å². The molecular formula is C14H25N3O2. The minimum Gasteiger partial charge on any atom is -0.385 e. The van der Waals surface area contributed by atoms with Gasteiger partial charge in [-0.25, -0.2) is 0 Å². The molecule has 0 saturated carbocycles. The number of hydrogen-bond donors (Lipinski definition) is 1. The molecule has 1 aromatic heterocycles. The van der Waals surface area contributed by atoms with Crippen molar-refractivity contribution < 1.29 is 9.47 Å². The van der Waals surface area contributed by atoms with Gasteiger partial charge >= 0.3 is 0 Å². The summed E-state index contributed by atoms with van der Waals surface area (Å²) in [5.41, 5.74) is 7.88. The van der Waals surface area contributed by atoms with Gasteiger partial charge in [-0.15, -0.1) is 0 Å². The molecule has 1 aromatic rings. The minimum atomic E-state index is 0.479. The van der Waals surface area contributed by atoms with Gasteiger partial charge in [-0.3, -0.25) is 9.88 Å². The summed E-state index contributed by atoms with van der Waals surface area (Å²) in [6.07, 6.45) is 2.80. The van der Waals surface area contributed by atoms with E-state index in [1.165, 1.54) is 5.56 Å². The van der Waals surface area contributed by atoms with Gasteiger partial charge in [-0.05, 0) is 18.1 Å². The monoisotopic (exact) mass is 267 g/mol. The molecule has 0 aliphatic rings. The normalized spacial score (nSPS) is 11.2. The number of nitrogens with zero attached hydrogens (tertiary/aromatic N) is 2. The molecule has 0 unspecified atom stereocenters. The Morgan fingerprint density at radius 1 is 1.21 bits per heavy atom. The SMILES string of the molecule is COCCCN(CCOC)Cc1cccnc1CN. The van der Waals surface area contributed by atoms with Gasteiger partial charge in [0, 0.05) is 53.2 Å². The summed E-state index contributed by atoms with van der Waals surface area (Å²) in [5, 5.41) is 0. The lowest BCUT2D eigenvalue weighted by Crippen LogP contribution is -2.29. The van der Waals surface area contributed by atoms with Gasteiger partial charge in [0.2, 0.25) is 0 Å². The van der Waals surface area contributed by atoms with Crippen molar-refractivity contribution in [3.05, 3.63) is 29.6 Å². The highest BCUT2D eigenvalue weighted by Crippen LogP contribution is 2.09. The first-order valence-corrected chi connectivity index (χ1v) is 6.65. The van der Waals surface area contributed by atoms with Crippen molar-refractivity contribution in [2.45, 2.75) is 19.5 Å². The third kappa shape index (κ3) is 6.11. The average Bonchev–Trinajstić information content (AvgIpc) is 2.45. The van der Waals surface area contributed by atoms with E-state index in [-0.39, 0.29) is 0 Å². The lowest BCUT2D eigenvalue weighted by atomic mass is 10.1. The summed E-state index contributed by atoms with van der Waals surface area (Å²) in [7, 11) is 3.45. The highest BCUT2D eigenvalue weighted by atomic mass is 16.5. The Labute approximate surface area is 115 Å². The van der Waals surface area contributed by atoms with Crippen molar-refractivity contribution in [2.24, 2.45) is 5.73 Å². The van der Waals surface area contributed by atoms with Crippen LogP contribution in [-0.2, 0) is 22.6 Å². The molecule has 0 fully saturated rings. The molecule has 0 atom stereocenters. The molecule has 1 heterocycles. The van der Waals surface area contributed by atoms with E-state index in [2.05, 4.69) is 16.0 Å². The lowest BCUT2D eigenvalue weighted by molar-refractivity contribution is 0.129. The van der Waals surface area contributed by atoms with Crippen LogP contribution in [0.1, 0.15) is 17.7 Å². The first-order valence-electron chi connectivity index (χ1n) is 6.65. The van der Waals surface area contributed by atoms with Crippen molar-refractivity contribution in [2.75, 3.05) is 40.5 Å². The van der Waals surface area contributed by atoms with E-state index in [1.54, 1.807) is 20.4 Å². The lowest BCUT2D eigenvalue weighted by Gasteiger charge is -2.22. The number of methoxy groups -OCH3 is 2. The van der Waals surface area contributed by atoms with Crippen LogP contribution in [0, 0.1) is 0 Å². The highest BCUT2D eigenvalue weighted by molar-refractivity contribution is 5.19. The predicted molar refractivity (Wildman–Crippen MR) is 75.8 cm³/mol. The van der Waals surface area contributed by atoms with Crippen LogP contribution in [0.3, 0.4) is 0 Å². The van der Waals surface area contributed by atoms with Crippen LogP contribution >= 0.6 is 0 Å². The van der Waals surface area contributed by atoms with Crippen molar-refractivity contribution in [3.63, 3.8) is 0 Å². The predicted octanol–water partition coefficient (Wildman–Crippen LogP) is 1.03. The van der Waals surface area contributed by atoms with Crippen LogP contribution in [-0.4, -0.2) is 50.4 Å². The van der Waals surface area contributed by atoms with Crippen molar-refractivity contribution in [1.29, 1.82) is 0 Å². The number of rotatable bonds is 10. The van der Waals surface area contributed by atoms with Gasteiger partial charge in [-0.1, -0.05) is 6.07 Å². The third-order valence-corrected chi connectivity index (χ3v) is 3.01. The van der Waals surface area contributed by atoms with Crippen LogP contribution in [0.2, 0.25) is 0 Å². The molecule has 0 aliphatic carbocycles. The number of nitrogens with two attached hydrogens (primary N) is 1. The summed E-state index contributed by atoms with van der Waals surface area (Å²) in [6, 6.07) is 4.05. The standard InChI is InChI=1S/C14H25N3O2/c1-18-9-4-7-17(8-10-19-2)12-13-5-3-6-16-14(13)11-15/h3,5-6H,4,7-12,15H2,1-2H3. The smallest absolute Gasteiger partial charge is 0.0589 e. The fourth-order valence-corrected chi connectivity index (χ4v) is 1.96. The van der Waals surface area contributed by atoms with Gasteiger partial charge < -0.3 is 15.2 Å². The molecular weight excluding hydrogens is 242 g/mol. The van der Waals surface area contributed by atoms with Gasteiger partial charge in [0.1, 0.15) is 0 Å². The molecule has 1 rings (SSSR count). The van der Waals surface area contributed by atoms with Gasteiger partial charge in [-0.2, -0.15) is 0 Å². The summed E-state index contributed by atoms with van der Waals surface area (Å²) < 4.78 is 10.3. The van der Waals surface area contributed by atoms with E-state index in [0.717, 1.165) is 45.0 Å². The van der Waals surface area contributed by atoms with E-state index >= 15 is 0 Å². The molecule has 0 radical (unpaired) electrons. The maximum atomic E-state index is 5.72. The van der Waals surface area contributed by atoms with Crippen LogP contribution in [0.4, 0.5) is 0 Å². The van der Waals surface area contributed by atoms with Crippen LogP contribution in [0.15, 0.2) is 18.3 Å². The molecule has 2 N–H and O–H groups in total. The van der Waals surface area contributed by atoms with Crippen LogP contribution in [0.25, 0.3) is 0 Å². The second-order valence-corrected chi connectivity index (χ2v) is 4.43. The van der Waals surface area contributed by atoms with E-state index in [1.807, 2.05) is 6.07 Å². The van der Waals surface area contributed by atoms with Gasteiger partial charge in [0.25, 0.3) is 0 Å². The Morgan fingerprint density at radius 3 is 2.68 bits per heavy atom. The maximum Gasteiger partial charge on any atom is 0.0589 e. The van der Waals surface area contributed by atoms with E-state index in [0.29, 0.717) is 6.54 Å². The number of ether oxygens (including phenoxy) is 2. The molecule has 5 heteroatoms. The molecule has 0 aliphatic heterocycles. The van der Waals surface area contributed by atoms with Crippen molar-refractivity contribution in [1.82, 2.24) is 9.88 Å². The molecule has 0 spiro atoms. The number of pyridine rings is 1.